The molecule has 1 N–H and O–H groups in total. The normalized spacial score (nSPS) is 19.6. The molecule has 122 valence electrons. The molecule has 0 spiro atoms. The fourth-order valence-corrected chi connectivity index (χ4v) is 2.93. The van der Waals surface area contributed by atoms with Crippen LogP contribution in [-0.4, -0.2) is 35.5 Å². The monoisotopic (exact) mass is 325 g/mol. The van der Waals surface area contributed by atoms with Crippen molar-refractivity contribution in [2.75, 3.05) is 19.6 Å². The standard InChI is InChI=1S/C16H23N3O2.ClH/c20-19(21)16-5-3-14(4-6-16)12-18-9-7-15(8-10-18)17-11-13-1-2-13;/h3-6,13,15,17H,1-2,7-12H2;1H. The summed E-state index contributed by atoms with van der Waals surface area (Å²) in [5.74, 6) is 0.947. The molecule has 1 heterocycles. The van der Waals surface area contributed by atoms with Crippen LogP contribution >= 0.6 is 12.4 Å². The summed E-state index contributed by atoms with van der Waals surface area (Å²) in [4.78, 5) is 12.7. The number of halogens is 1. The highest BCUT2D eigenvalue weighted by Gasteiger charge is 2.24. The summed E-state index contributed by atoms with van der Waals surface area (Å²) in [6, 6.07) is 7.61. The summed E-state index contributed by atoms with van der Waals surface area (Å²) >= 11 is 0. The van der Waals surface area contributed by atoms with Crippen molar-refractivity contribution >= 4 is 18.1 Å². The second-order valence-electron chi connectivity index (χ2n) is 6.33. The van der Waals surface area contributed by atoms with Crippen LogP contribution < -0.4 is 5.32 Å². The lowest BCUT2D eigenvalue weighted by Gasteiger charge is -2.32. The first-order chi connectivity index (χ1) is 10.2. The maximum absolute atomic E-state index is 10.6. The fraction of sp³-hybridized carbons (Fsp3) is 0.625. The van der Waals surface area contributed by atoms with Gasteiger partial charge in [-0.3, -0.25) is 15.0 Å². The minimum Gasteiger partial charge on any atom is -0.314 e. The van der Waals surface area contributed by atoms with Gasteiger partial charge in [0.15, 0.2) is 0 Å². The number of nitrogens with one attached hydrogen (secondary N) is 1. The van der Waals surface area contributed by atoms with Gasteiger partial charge in [0.2, 0.25) is 0 Å². The summed E-state index contributed by atoms with van der Waals surface area (Å²) in [5, 5.41) is 14.3. The molecule has 0 amide bonds. The lowest BCUT2D eigenvalue weighted by molar-refractivity contribution is -0.384. The molecule has 1 aliphatic carbocycles. The number of hydrogen-bond donors (Lipinski definition) is 1. The Morgan fingerprint density at radius 2 is 1.77 bits per heavy atom. The maximum atomic E-state index is 10.6. The highest BCUT2D eigenvalue weighted by Crippen LogP contribution is 2.28. The fourth-order valence-electron chi connectivity index (χ4n) is 2.93. The third-order valence-electron chi connectivity index (χ3n) is 4.53. The second kappa shape index (κ2) is 7.90. The van der Waals surface area contributed by atoms with Crippen molar-refractivity contribution in [1.29, 1.82) is 0 Å². The van der Waals surface area contributed by atoms with Crippen LogP contribution in [0.4, 0.5) is 5.69 Å². The van der Waals surface area contributed by atoms with Gasteiger partial charge < -0.3 is 5.32 Å². The Hall–Kier alpha value is -1.17. The molecule has 6 heteroatoms. The quantitative estimate of drug-likeness (QED) is 0.645. The van der Waals surface area contributed by atoms with E-state index in [1.54, 1.807) is 12.1 Å². The molecular formula is C16H24ClN3O2. The average molecular weight is 326 g/mol. The minimum atomic E-state index is -0.346. The molecule has 0 radical (unpaired) electrons. The van der Waals surface area contributed by atoms with Crippen LogP contribution in [0.25, 0.3) is 0 Å². The van der Waals surface area contributed by atoms with Gasteiger partial charge in [0.25, 0.3) is 5.69 Å². The maximum Gasteiger partial charge on any atom is 0.269 e. The van der Waals surface area contributed by atoms with Crippen LogP contribution in [0.15, 0.2) is 24.3 Å². The number of benzene rings is 1. The number of likely N-dealkylation sites (tertiary alicyclic amines) is 1. The highest BCUT2D eigenvalue weighted by atomic mass is 35.5. The van der Waals surface area contributed by atoms with Crippen molar-refractivity contribution in [1.82, 2.24) is 10.2 Å². The van der Waals surface area contributed by atoms with Crippen molar-refractivity contribution in [3.05, 3.63) is 39.9 Å². The van der Waals surface area contributed by atoms with Gasteiger partial charge in [0, 0.05) is 24.7 Å². The molecule has 2 fully saturated rings. The summed E-state index contributed by atoms with van der Waals surface area (Å²) < 4.78 is 0. The van der Waals surface area contributed by atoms with E-state index in [2.05, 4.69) is 10.2 Å². The van der Waals surface area contributed by atoms with Gasteiger partial charge in [-0.05, 0) is 56.8 Å². The predicted octanol–water partition coefficient (Wildman–Crippen LogP) is 2.98. The first-order valence-corrected chi connectivity index (χ1v) is 7.90. The third-order valence-corrected chi connectivity index (χ3v) is 4.53. The zero-order valence-electron chi connectivity index (χ0n) is 12.7. The van der Waals surface area contributed by atoms with Crippen molar-refractivity contribution in [2.24, 2.45) is 5.92 Å². The molecule has 1 saturated heterocycles. The lowest BCUT2D eigenvalue weighted by Crippen LogP contribution is -2.42. The van der Waals surface area contributed by atoms with E-state index in [0.717, 1.165) is 31.1 Å². The molecule has 1 aliphatic heterocycles. The van der Waals surface area contributed by atoms with Crippen LogP contribution in [0.2, 0.25) is 0 Å². The molecule has 1 aromatic rings. The van der Waals surface area contributed by atoms with Crippen LogP contribution in [0.1, 0.15) is 31.2 Å². The Kier molecular flexibility index (Phi) is 6.17. The Balaban J connectivity index is 0.00000176. The largest absolute Gasteiger partial charge is 0.314 e. The van der Waals surface area contributed by atoms with Crippen molar-refractivity contribution < 1.29 is 4.92 Å². The van der Waals surface area contributed by atoms with Gasteiger partial charge in [-0.15, -0.1) is 12.4 Å². The number of non-ortho nitro benzene ring substituents is 1. The molecule has 5 nitrogen and oxygen atoms in total. The molecule has 1 saturated carbocycles. The van der Waals surface area contributed by atoms with E-state index in [-0.39, 0.29) is 23.0 Å². The number of nitrogens with zero attached hydrogens (tertiary/aromatic N) is 2. The third kappa shape index (κ3) is 4.93. The Morgan fingerprint density at radius 1 is 1.14 bits per heavy atom. The van der Waals surface area contributed by atoms with E-state index in [9.17, 15) is 10.1 Å². The van der Waals surface area contributed by atoms with Gasteiger partial charge >= 0.3 is 0 Å². The predicted molar refractivity (Wildman–Crippen MR) is 89.4 cm³/mol. The molecule has 1 aromatic carbocycles. The van der Waals surface area contributed by atoms with Crippen LogP contribution in [0.5, 0.6) is 0 Å². The number of nitro benzene ring substituents is 1. The first-order valence-electron chi connectivity index (χ1n) is 7.90. The van der Waals surface area contributed by atoms with Gasteiger partial charge in [0.1, 0.15) is 0 Å². The summed E-state index contributed by atoms with van der Waals surface area (Å²) in [7, 11) is 0. The van der Waals surface area contributed by atoms with E-state index in [1.807, 2.05) is 12.1 Å². The van der Waals surface area contributed by atoms with Crippen molar-refractivity contribution in [3.63, 3.8) is 0 Å². The first kappa shape index (κ1) is 17.2. The number of nitro groups is 1. The number of piperidine rings is 1. The van der Waals surface area contributed by atoms with Crippen LogP contribution in [0, 0.1) is 16.0 Å². The van der Waals surface area contributed by atoms with Gasteiger partial charge in [0.05, 0.1) is 4.92 Å². The molecule has 0 atom stereocenters. The molecular weight excluding hydrogens is 302 g/mol. The van der Waals surface area contributed by atoms with E-state index in [1.165, 1.54) is 32.2 Å². The topological polar surface area (TPSA) is 58.4 Å². The van der Waals surface area contributed by atoms with Crippen molar-refractivity contribution in [3.8, 4) is 0 Å². The summed E-state index contributed by atoms with van der Waals surface area (Å²) in [6.07, 6.45) is 5.23. The number of hydrogen-bond acceptors (Lipinski definition) is 4. The Labute approximate surface area is 137 Å². The van der Waals surface area contributed by atoms with Crippen LogP contribution in [-0.2, 0) is 6.54 Å². The molecule has 0 unspecified atom stereocenters. The smallest absolute Gasteiger partial charge is 0.269 e. The van der Waals surface area contributed by atoms with E-state index in [4.69, 9.17) is 0 Å². The summed E-state index contributed by atoms with van der Waals surface area (Å²) in [6.45, 7) is 4.32. The highest BCUT2D eigenvalue weighted by molar-refractivity contribution is 5.85. The zero-order valence-corrected chi connectivity index (χ0v) is 13.6. The molecule has 2 aliphatic rings. The second-order valence-corrected chi connectivity index (χ2v) is 6.33. The summed E-state index contributed by atoms with van der Waals surface area (Å²) in [5.41, 5.74) is 1.33. The van der Waals surface area contributed by atoms with E-state index >= 15 is 0 Å². The molecule has 3 rings (SSSR count). The Bertz CT molecular complexity index is 483. The van der Waals surface area contributed by atoms with Crippen LogP contribution in [0.3, 0.4) is 0 Å². The number of rotatable bonds is 6. The van der Waals surface area contributed by atoms with Gasteiger partial charge in [-0.2, -0.15) is 0 Å². The van der Waals surface area contributed by atoms with E-state index < -0.39 is 0 Å². The van der Waals surface area contributed by atoms with Crippen molar-refractivity contribution in [2.45, 2.75) is 38.3 Å². The van der Waals surface area contributed by atoms with Gasteiger partial charge in [-0.25, -0.2) is 0 Å². The molecule has 0 aromatic heterocycles. The molecule has 22 heavy (non-hydrogen) atoms. The SMILES string of the molecule is Cl.O=[N+]([O-])c1ccc(CN2CCC(NCC3CC3)CC2)cc1. The zero-order chi connectivity index (χ0) is 14.7. The van der Waals surface area contributed by atoms with Gasteiger partial charge in [-0.1, -0.05) is 12.1 Å². The van der Waals surface area contributed by atoms with E-state index in [0.29, 0.717) is 6.04 Å². The molecule has 0 bridgehead atoms. The minimum absolute atomic E-state index is 0. The average Bonchev–Trinajstić information content (AvgIpc) is 3.31. The lowest BCUT2D eigenvalue weighted by atomic mass is 10.0. The Morgan fingerprint density at radius 3 is 2.32 bits per heavy atom.